The molecule has 1 heterocycles. The van der Waals surface area contributed by atoms with Crippen LogP contribution in [0.3, 0.4) is 0 Å². The molecule has 7 nitrogen and oxygen atoms in total. The first-order chi connectivity index (χ1) is 17.1. The molecule has 3 rings (SSSR count). The maximum atomic E-state index is 13.7. The number of hydrogen-bond donors (Lipinski definition) is 0. The Labute approximate surface area is 217 Å². The number of fused-ring (bicyclic) bond motifs is 2. The molecule has 0 amide bonds. The van der Waals surface area contributed by atoms with Crippen molar-refractivity contribution in [2.24, 2.45) is 0 Å². The summed E-state index contributed by atoms with van der Waals surface area (Å²) in [5.41, 5.74) is -2.39. The zero-order chi connectivity index (χ0) is 27.8. The van der Waals surface area contributed by atoms with Gasteiger partial charge in [-0.1, -0.05) is 19.7 Å². The molecule has 0 bridgehead atoms. The molecule has 1 aromatic heterocycles. The summed E-state index contributed by atoms with van der Waals surface area (Å²) in [6.45, 7) is 23.7. The number of hydrogen-bond acceptors (Lipinski definition) is 7. The van der Waals surface area contributed by atoms with Crippen LogP contribution < -0.4 is 24.4 Å². The number of ether oxygens (including phenoxy) is 4. The van der Waals surface area contributed by atoms with Gasteiger partial charge in [0.2, 0.25) is 11.2 Å². The Morgan fingerprint density at radius 1 is 0.838 bits per heavy atom. The zero-order valence-electron chi connectivity index (χ0n) is 22.5. The van der Waals surface area contributed by atoms with Crippen LogP contribution in [0.4, 0.5) is 0 Å². The summed E-state index contributed by atoms with van der Waals surface area (Å²) in [5, 5.41) is 0.320. The van der Waals surface area contributed by atoms with Crippen LogP contribution in [0.1, 0.15) is 48.5 Å². The van der Waals surface area contributed by atoms with Crippen LogP contribution in [0.15, 0.2) is 71.4 Å². The molecule has 0 fully saturated rings. The lowest BCUT2D eigenvalue weighted by molar-refractivity contribution is -0.131. The Hall–Kier alpha value is -4.00. The summed E-state index contributed by atoms with van der Waals surface area (Å²) < 4.78 is 30.1. The van der Waals surface area contributed by atoms with Gasteiger partial charge in [-0.25, -0.2) is 0 Å². The van der Waals surface area contributed by atoms with Crippen molar-refractivity contribution in [3.05, 3.63) is 72.5 Å². The lowest BCUT2D eigenvalue weighted by Crippen LogP contribution is -2.28. The summed E-state index contributed by atoms with van der Waals surface area (Å²) >= 11 is 0. The lowest BCUT2D eigenvalue weighted by atomic mass is 10.1. The Morgan fingerprint density at radius 2 is 1.41 bits per heavy atom. The molecule has 0 spiro atoms. The Balaban J connectivity index is 2.43. The molecule has 7 heteroatoms. The quantitative estimate of drug-likeness (QED) is 0.128. The topological polar surface area (TPSA) is 84.2 Å². The molecule has 2 aromatic carbocycles. The zero-order valence-corrected chi connectivity index (χ0v) is 22.5. The van der Waals surface area contributed by atoms with E-state index in [1.54, 1.807) is 36.4 Å². The third-order valence-electron chi connectivity index (χ3n) is 5.65. The van der Waals surface area contributed by atoms with E-state index in [0.29, 0.717) is 11.5 Å². The van der Waals surface area contributed by atoms with E-state index in [0.717, 1.165) is 0 Å². The molecule has 0 N–H and O–H groups in total. The number of esters is 1. The monoisotopic (exact) mass is 506 g/mol. The maximum Gasteiger partial charge on any atom is 0.308 e. The summed E-state index contributed by atoms with van der Waals surface area (Å²) in [5.74, 6) is 0.342. The van der Waals surface area contributed by atoms with Crippen molar-refractivity contribution in [3.63, 3.8) is 0 Å². The van der Waals surface area contributed by atoms with E-state index < -0.39 is 28.2 Å². The van der Waals surface area contributed by atoms with Gasteiger partial charge in [-0.15, -0.1) is 0 Å². The van der Waals surface area contributed by atoms with Gasteiger partial charge >= 0.3 is 5.97 Å². The van der Waals surface area contributed by atoms with Crippen molar-refractivity contribution in [1.29, 1.82) is 0 Å². The molecule has 0 saturated carbocycles. The highest BCUT2D eigenvalue weighted by Crippen LogP contribution is 2.42. The van der Waals surface area contributed by atoms with E-state index in [1.165, 1.54) is 13.0 Å². The van der Waals surface area contributed by atoms with Crippen molar-refractivity contribution in [2.45, 2.75) is 65.3 Å². The minimum Gasteiger partial charge on any atom is -0.484 e. The largest absolute Gasteiger partial charge is 0.484 e. The van der Waals surface area contributed by atoms with Crippen LogP contribution in [0, 0.1) is 0 Å². The van der Waals surface area contributed by atoms with E-state index in [4.69, 9.17) is 23.4 Å². The van der Waals surface area contributed by atoms with E-state index in [1.807, 2.05) is 41.5 Å². The predicted octanol–water partition coefficient (Wildman–Crippen LogP) is 6.90. The highest BCUT2D eigenvalue weighted by Gasteiger charge is 2.27. The fourth-order valence-corrected chi connectivity index (χ4v) is 3.39. The Bertz CT molecular complexity index is 1450. The van der Waals surface area contributed by atoms with E-state index in [9.17, 15) is 9.59 Å². The minimum atomic E-state index is -0.819. The number of rotatable bonds is 10. The first kappa shape index (κ1) is 27.6. The molecular formula is C30H34O7. The lowest BCUT2D eigenvalue weighted by Gasteiger charge is -2.28. The summed E-state index contributed by atoms with van der Waals surface area (Å²) in [4.78, 5) is 25.6. The van der Waals surface area contributed by atoms with Crippen molar-refractivity contribution >= 4 is 27.9 Å². The normalized spacial score (nSPS) is 12.2. The van der Waals surface area contributed by atoms with Crippen LogP contribution in [-0.4, -0.2) is 22.8 Å². The second-order valence-corrected chi connectivity index (χ2v) is 10.3. The molecule has 0 aliphatic heterocycles. The number of carbonyl (C=O) groups excluding carboxylic acids is 1. The molecule has 3 aromatic rings. The molecule has 0 atom stereocenters. The van der Waals surface area contributed by atoms with Crippen LogP contribution >= 0.6 is 0 Å². The van der Waals surface area contributed by atoms with Gasteiger partial charge in [0.05, 0.1) is 5.39 Å². The Morgan fingerprint density at radius 3 is 1.97 bits per heavy atom. The standard InChI is InChI=1S/C30H34O7/c1-11-28(5,6)35-19-16-22(33-18(4)31)24-23(17-19)34-26-20(25(24)32)14-15-21(36-29(7,8)12-2)27(26)37-30(9,10)13-3/h11-17H,1-3H2,4-10H3. The molecular weight excluding hydrogens is 472 g/mol. The van der Waals surface area contributed by atoms with Gasteiger partial charge in [-0.05, 0) is 71.9 Å². The first-order valence-corrected chi connectivity index (χ1v) is 11.9. The van der Waals surface area contributed by atoms with E-state index in [-0.39, 0.29) is 33.4 Å². The maximum absolute atomic E-state index is 13.7. The summed E-state index contributed by atoms with van der Waals surface area (Å²) in [7, 11) is 0. The predicted molar refractivity (Wildman–Crippen MR) is 146 cm³/mol. The SMILES string of the molecule is C=CC(C)(C)Oc1cc(OC(C)=O)c2c(=O)c3ccc(OC(C)(C)C=C)c(OC(C)(C)C=C)c3oc2c1. The molecule has 0 unspecified atom stereocenters. The first-order valence-electron chi connectivity index (χ1n) is 11.9. The van der Waals surface area contributed by atoms with Crippen molar-refractivity contribution in [2.75, 3.05) is 0 Å². The van der Waals surface area contributed by atoms with Gasteiger partial charge < -0.3 is 23.4 Å². The smallest absolute Gasteiger partial charge is 0.308 e. The van der Waals surface area contributed by atoms with Crippen LogP contribution in [0.25, 0.3) is 21.9 Å². The van der Waals surface area contributed by atoms with Crippen molar-refractivity contribution in [3.8, 4) is 23.0 Å². The fraction of sp³-hybridized carbons (Fsp3) is 0.333. The van der Waals surface area contributed by atoms with E-state index in [2.05, 4.69) is 19.7 Å². The molecule has 37 heavy (non-hydrogen) atoms. The third kappa shape index (κ3) is 6.05. The van der Waals surface area contributed by atoms with Gasteiger partial charge in [-0.3, -0.25) is 9.59 Å². The second-order valence-electron chi connectivity index (χ2n) is 10.3. The van der Waals surface area contributed by atoms with Crippen LogP contribution in [-0.2, 0) is 4.79 Å². The molecule has 196 valence electrons. The number of carbonyl (C=O) groups is 1. The van der Waals surface area contributed by atoms with Crippen LogP contribution in [0.2, 0.25) is 0 Å². The Kier molecular flexibility index (Phi) is 7.31. The van der Waals surface area contributed by atoms with Crippen LogP contribution in [0.5, 0.6) is 23.0 Å². The second kappa shape index (κ2) is 9.81. The van der Waals surface area contributed by atoms with Gasteiger partial charge in [-0.2, -0.15) is 0 Å². The van der Waals surface area contributed by atoms with Crippen molar-refractivity contribution in [1.82, 2.24) is 0 Å². The van der Waals surface area contributed by atoms with Gasteiger partial charge in [0.15, 0.2) is 11.3 Å². The average Bonchev–Trinajstić information content (AvgIpc) is 2.79. The van der Waals surface area contributed by atoms with Gasteiger partial charge in [0.25, 0.3) is 0 Å². The third-order valence-corrected chi connectivity index (χ3v) is 5.65. The molecule has 0 saturated heterocycles. The number of benzene rings is 2. The highest BCUT2D eigenvalue weighted by atomic mass is 16.6. The summed E-state index contributed by atoms with van der Waals surface area (Å²) in [6.07, 6.45) is 4.93. The van der Waals surface area contributed by atoms with Crippen molar-refractivity contribution < 1.29 is 28.2 Å². The minimum absolute atomic E-state index is 0.0255. The van der Waals surface area contributed by atoms with Gasteiger partial charge in [0.1, 0.15) is 39.3 Å². The van der Waals surface area contributed by atoms with Gasteiger partial charge in [0, 0.05) is 19.1 Å². The summed E-state index contributed by atoms with van der Waals surface area (Å²) in [6, 6.07) is 6.28. The molecule has 0 radical (unpaired) electrons. The average molecular weight is 507 g/mol. The molecule has 0 aliphatic carbocycles. The fourth-order valence-electron chi connectivity index (χ4n) is 3.39. The highest BCUT2D eigenvalue weighted by molar-refractivity contribution is 5.97. The molecule has 0 aliphatic rings. The van der Waals surface area contributed by atoms with E-state index >= 15 is 0 Å².